The lowest BCUT2D eigenvalue weighted by molar-refractivity contribution is 0.476. The minimum Gasteiger partial charge on any atom is -0.0993 e. The first-order chi connectivity index (χ1) is 5.34. The van der Waals surface area contributed by atoms with Crippen molar-refractivity contribution in [3.63, 3.8) is 0 Å². The second-order valence-electron chi connectivity index (χ2n) is 4.30. The van der Waals surface area contributed by atoms with Gasteiger partial charge in [-0.1, -0.05) is 51.5 Å². The predicted molar refractivity (Wildman–Crippen MR) is 57.2 cm³/mol. The van der Waals surface area contributed by atoms with Crippen LogP contribution in [0.4, 0.5) is 0 Å². The van der Waals surface area contributed by atoms with Crippen LogP contribution < -0.4 is 0 Å². The average molecular weight is 166 g/mol. The molecule has 0 aromatic carbocycles. The van der Waals surface area contributed by atoms with Gasteiger partial charge in [-0.2, -0.15) is 0 Å². The summed E-state index contributed by atoms with van der Waals surface area (Å²) in [5.74, 6) is 0.613. The van der Waals surface area contributed by atoms with Gasteiger partial charge in [-0.25, -0.2) is 0 Å². The largest absolute Gasteiger partial charge is 0.0993 e. The summed E-state index contributed by atoms with van der Waals surface area (Å²) in [6, 6.07) is 0. The Morgan fingerprint density at radius 3 is 1.83 bits per heavy atom. The van der Waals surface area contributed by atoms with E-state index in [1.807, 2.05) is 0 Å². The summed E-state index contributed by atoms with van der Waals surface area (Å²) < 4.78 is 0. The molecule has 0 rings (SSSR count). The predicted octanol–water partition coefficient (Wildman–Crippen LogP) is 4.19. The molecule has 70 valence electrons. The summed E-state index contributed by atoms with van der Waals surface area (Å²) >= 11 is 0. The molecule has 0 amide bonds. The third-order valence-electron chi connectivity index (χ3n) is 2.72. The van der Waals surface area contributed by atoms with Crippen LogP contribution in [0.5, 0.6) is 0 Å². The Morgan fingerprint density at radius 2 is 1.75 bits per heavy atom. The van der Waals surface area contributed by atoms with E-state index in [2.05, 4.69) is 54.2 Å². The summed E-state index contributed by atoms with van der Waals surface area (Å²) in [7, 11) is 0. The molecule has 0 saturated carbocycles. The molecule has 0 aliphatic rings. The fourth-order valence-corrected chi connectivity index (χ4v) is 1.66. The second kappa shape index (κ2) is 3.93. The highest BCUT2D eigenvalue weighted by Gasteiger charge is 2.25. The highest BCUT2D eigenvalue weighted by atomic mass is 14.3. The van der Waals surface area contributed by atoms with E-state index in [0.29, 0.717) is 5.92 Å². The van der Waals surface area contributed by atoms with Crippen LogP contribution in [-0.4, -0.2) is 0 Å². The first-order valence-corrected chi connectivity index (χ1v) is 4.66. The van der Waals surface area contributed by atoms with Crippen molar-refractivity contribution >= 4 is 0 Å². The molecule has 0 heterocycles. The monoisotopic (exact) mass is 166 g/mol. The number of hydrogen-bond acceptors (Lipinski definition) is 0. The highest BCUT2D eigenvalue weighted by molar-refractivity contribution is 5.24. The van der Waals surface area contributed by atoms with E-state index in [-0.39, 0.29) is 5.41 Å². The van der Waals surface area contributed by atoms with Gasteiger partial charge in [0.1, 0.15) is 0 Å². The Bertz CT molecular complexity index is 192. The molecule has 0 heteroatoms. The zero-order valence-electron chi connectivity index (χ0n) is 9.36. The van der Waals surface area contributed by atoms with Crippen LogP contribution in [0, 0.1) is 11.3 Å². The topological polar surface area (TPSA) is 0 Å². The maximum atomic E-state index is 4.04. The van der Waals surface area contributed by atoms with Gasteiger partial charge in [0, 0.05) is 5.41 Å². The molecular formula is C12H22. The average Bonchev–Trinajstić information content (AvgIpc) is 1.86. The van der Waals surface area contributed by atoms with E-state index in [9.17, 15) is 0 Å². The zero-order chi connectivity index (χ0) is 9.94. The third kappa shape index (κ3) is 2.23. The number of rotatable bonds is 3. The van der Waals surface area contributed by atoms with Crippen LogP contribution in [-0.2, 0) is 0 Å². The van der Waals surface area contributed by atoms with Gasteiger partial charge in [-0.3, -0.25) is 0 Å². The number of hydrogen-bond donors (Lipinski definition) is 0. The van der Waals surface area contributed by atoms with Crippen LogP contribution in [0.3, 0.4) is 0 Å². The van der Waals surface area contributed by atoms with E-state index >= 15 is 0 Å². The van der Waals surface area contributed by atoms with Crippen molar-refractivity contribution < 1.29 is 0 Å². The summed E-state index contributed by atoms with van der Waals surface area (Å²) in [5, 5.41) is 0. The van der Waals surface area contributed by atoms with Crippen molar-refractivity contribution in [2.75, 3.05) is 0 Å². The minimum absolute atomic E-state index is 0.156. The van der Waals surface area contributed by atoms with Crippen molar-refractivity contribution in [2.24, 2.45) is 11.3 Å². The highest BCUT2D eigenvalue weighted by Crippen LogP contribution is 2.37. The van der Waals surface area contributed by atoms with Gasteiger partial charge in [0.15, 0.2) is 0 Å². The SMILES string of the molecule is C=C(C)C(C)(C)/C(=C/C)C(C)C. The molecular weight excluding hydrogens is 144 g/mol. The normalized spacial score (nSPS) is 13.8. The van der Waals surface area contributed by atoms with Crippen molar-refractivity contribution in [3.05, 3.63) is 23.8 Å². The summed E-state index contributed by atoms with van der Waals surface area (Å²) in [6.45, 7) is 17.2. The molecule has 0 spiro atoms. The smallest absolute Gasteiger partial charge is 0.00610 e. The van der Waals surface area contributed by atoms with Gasteiger partial charge in [0.25, 0.3) is 0 Å². The van der Waals surface area contributed by atoms with Crippen LogP contribution in [0.1, 0.15) is 41.5 Å². The molecule has 0 saturated heterocycles. The molecule has 12 heavy (non-hydrogen) atoms. The molecule has 0 bridgehead atoms. The molecule has 0 radical (unpaired) electrons. The standard InChI is InChI=1S/C12H22/c1-8-11(9(2)3)12(6,7)10(4)5/h8-9H,4H2,1-3,5-7H3/b11-8+. The molecule has 0 fully saturated rings. The summed E-state index contributed by atoms with van der Waals surface area (Å²) in [6.07, 6.45) is 2.22. The maximum Gasteiger partial charge on any atom is 0.00610 e. The van der Waals surface area contributed by atoms with Gasteiger partial charge in [0.2, 0.25) is 0 Å². The lowest BCUT2D eigenvalue weighted by Crippen LogP contribution is -2.19. The van der Waals surface area contributed by atoms with Gasteiger partial charge in [0.05, 0.1) is 0 Å². The summed E-state index contributed by atoms with van der Waals surface area (Å²) in [4.78, 5) is 0. The third-order valence-corrected chi connectivity index (χ3v) is 2.72. The number of allylic oxidation sites excluding steroid dienone is 3. The molecule has 0 N–H and O–H groups in total. The Balaban J connectivity index is 4.87. The van der Waals surface area contributed by atoms with Gasteiger partial charge >= 0.3 is 0 Å². The first-order valence-electron chi connectivity index (χ1n) is 4.66. The van der Waals surface area contributed by atoms with Crippen LogP contribution in [0.15, 0.2) is 23.8 Å². The molecule has 0 aromatic rings. The van der Waals surface area contributed by atoms with Crippen molar-refractivity contribution in [3.8, 4) is 0 Å². The minimum atomic E-state index is 0.156. The Hall–Kier alpha value is -0.520. The summed E-state index contributed by atoms with van der Waals surface area (Å²) in [5.41, 5.74) is 2.88. The quantitative estimate of drug-likeness (QED) is 0.551. The van der Waals surface area contributed by atoms with E-state index in [1.54, 1.807) is 0 Å². The molecule has 0 aromatic heterocycles. The Labute approximate surface area is 77.4 Å². The first kappa shape index (κ1) is 11.5. The fraction of sp³-hybridized carbons (Fsp3) is 0.667. The van der Waals surface area contributed by atoms with E-state index in [0.717, 1.165) is 0 Å². The lowest BCUT2D eigenvalue weighted by atomic mass is 9.74. The van der Waals surface area contributed by atoms with Crippen molar-refractivity contribution in [1.82, 2.24) is 0 Å². The van der Waals surface area contributed by atoms with Crippen LogP contribution >= 0.6 is 0 Å². The maximum absolute atomic E-state index is 4.04. The van der Waals surface area contributed by atoms with Gasteiger partial charge < -0.3 is 0 Å². The molecule has 0 nitrogen and oxygen atoms in total. The Morgan fingerprint density at radius 1 is 1.33 bits per heavy atom. The van der Waals surface area contributed by atoms with Crippen LogP contribution in [0.25, 0.3) is 0 Å². The molecule has 0 atom stereocenters. The zero-order valence-corrected chi connectivity index (χ0v) is 9.36. The van der Waals surface area contributed by atoms with Crippen molar-refractivity contribution in [1.29, 1.82) is 0 Å². The van der Waals surface area contributed by atoms with Crippen LogP contribution in [0.2, 0.25) is 0 Å². The fourth-order valence-electron chi connectivity index (χ4n) is 1.66. The second-order valence-corrected chi connectivity index (χ2v) is 4.30. The van der Waals surface area contributed by atoms with E-state index in [1.165, 1.54) is 11.1 Å². The van der Waals surface area contributed by atoms with Gasteiger partial charge in [-0.15, -0.1) is 0 Å². The van der Waals surface area contributed by atoms with E-state index < -0.39 is 0 Å². The molecule has 0 aliphatic carbocycles. The van der Waals surface area contributed by atoms with E-state index in [4.69, 9.17) is 0 Å². The molecule has 0 aliphatic heterocycles. The van der Waals surface area contributed by atoms with Crippen molar-refractivity contribution in [2.45, 2.75) is 41.5 Å². The lowest BCUT2D eigenvalue weighted by Gasteiger charge is -2.31. The Kier molecular flexibility index (Phi) is 3.76. The van der Waals surface area contributed by atoms with Gasteiger partial charge in [-0.05, 0) is 19.8 Å². The molecule has 0 unspecified atom stereocenters.